The zero-order valence-electron chi connectivity index (χ0n) is 18.2. The molecule has 3 rings (SSSR count). The van der Waals surface area contributed by atoms with E-state index in [2.05, 4.69) is 0 Å². The lowest BCUT2D eigenvalue weighted by atomic mass is 9.82. The minimum Gasteiger partial charge on any atom is -0.396 e. The van der Waals surface area contributed by atoms with E-state index < -0.39 is 20.5 Å². The normalized spacial score (nSPS) is 19.2. The van der Waals surface area contributed by atoms with Gasteiger partial charge in [0.2, 0.25) is 15.9 Å². The van der Waals surface area contributed by atoms with Crippen molar-refractivity contribution < 1.29 is 23.2 Å². The maximum absolute atomic E-state index is 13.4. The van der Waals surface area contributed by atoms with E-state index in [4.69, 9.17) is 11.6 Å². The average molecular weight is 496 g/mol. The number of hydrogen-bond acceptors (Lipinski definition) is 6. The van der Waals surface area contributed by atoms with Crippen molar-refractivity contribution in [1.82, 2.24) is 9.21 Å². The van der Waals surface area contributed by atoms with Gasteiger partial charge in [-0.25, -0.2) is 8.42 Å². The second-order valence-corrected chi connectivity index (χ2v) is 10.5. The number of aliphatic hydroxyl groups excluding tert-OH is 1. The van der Waals surface area contributed by atoms with E-state index in [-0.39, 0.29) is 42.6 Å². The standard InChI is InChI=1S/C22H26ClN3O6S/c1-24(21(28)11-14-27)22(15-17-3-5-18(23)6-4-17)12-2-13-25(16-22)33(31,32)20-9-7-19(8-10-20)26(29)30/h3-10,27H,2,11-16H2,1H3/t22-/m1/s1. The molecule has 2 aromatic rings. The van der Waals surface area contributed by atoms with Crippen LogP contribution < -0.4 is 0 Å². The highest BCUT2D eigenvalue weighted by molar-refractivity contribution is 7.89. The number of halogens is 1. The van der Waals surface area contributed by atoms with Gasteiger partial charge in [0, 0.05) is 43.7 Å². The first kappa shape index (κ1) is 25.1. The molecule has 0 spiro atoms. The summed E-state index contributed by atoms with van der Waals surface area (Å²) in [5.41, 5.74) is -0.122. The highest BCUT2D eigenvalue weighted by atomic mass is 35.5. The second kappa shape index (κ2) is 10.2. The number of carbonyl (C=O) groups is 1. The molecule has 178 valence electrons. The van der Waals surface area contributed by atoms with Gasteiger partial charge in [0.05, 0.1) is 22.0 Å². The molecule has 1 atom stereocenters. The van der Waals surface area contributed by atoms with Crippen molar-refractivity contribution in [3.05, 3.63) is 69.2 Å². The Morgan fingerprint density at radius 3 is 2.42 bits per heavy atom. The highest BCUT2D eigenvalue weighted by Crippen LogP contribution is 2.34. The maximum atomic E-state index is 13.4. The molecule has 33 heavy (non-hydrogen) atoms. The smallest absolute Gasteiger partial charge is 0.269 e. The predicted octanol–water partition coefficient (Wildman–Crippen LogP) is 2.86. The first-order valence-electron chi connectivity index (χ1n) is 10.5. The van der Waals surface area contributed by atoms with Crippen LogP contribution in [0.5, 0.6) is 0 Å². The third kappa shape index (κ3) is 5.52. The Morgan fingerprint density at radius 2 is 1.85 bits per heavy atom. The van der Waals surface area contributed by atoms with Crippen LogP contribution in [-0.2, 0) is 21.2 Å². The molecular weight excluding hydrogens is 470 g/mol. The van der Waals surface area contributed by atoms with Gasteiger partial charge in [-0.1, -0.05) is 23.7 Å². The van der Waals surface area contributed by atoms with Gasteiger partial charge in [-0.3, -0.25) is 14.9 Å². The molecular formula is C22H26ClN3O6S. The van der Waals surface area contributed by atoms with E-state index in [1.165, 1.54) is 16.4 Å². The Morgan fingerprint density at radius 1 is 1.21 bits per heavy atom. The van der Waals surface area contributed by atoms with Crippen LogP contribution in [0.4, 0.5) is 5.69 Å². The predicted molar refractivity (Wildman–Crippen MR) is 123 cm³/mol. The van der Waals surface area contributed by atoms with Crippen molar-refractivity contribution in [2.75, 3.05) is 26.7 Å². The van der Waals surface area contributed by atoms with Crippen molar-refractivity contribution in [3.63, 3.8) is 0 Å². The van der Waals surface area contributed by atoms with Crippen LogP contribution in [0.25, 0.3) is 0 Å². The van der Waals surface area contributed by atoms with Crippen molar-refractivity contribution in [3.8, 4) is 0 Å². The molecule has 0 radical (unpaired) electrons. The lowest BCUT2D eigenvalue weighted by molar-refractivity contribution is -0.384. The number of likely N-dealkylation sites (N-methyl/N-ethyl adjacent to an activating group) is 1. The van der Waals surface area contributed by atoms with E-state index in [1.807, 2.05) is 12.1 Å². The van der Waals surface area contributed by atoms with Gasteiger partial charge in [0.1, 0.15) is 0 Å². The number of piperidine rings is 1. The first-order chi connectivity index (χ1) is 15.6. The topological polar surface area (TPSA) is 121 Å². The van der Waals surface area contributed by atoms with Crippen LogP contribution in [0.15, 0.2) is 53.4 Å². The van der Waals surface area contributed by atoms with Crippen LogP contribution in [0.3, 0.4) is 0 Å². The fraction of sp³-hybridized carbons (Fsp3) is 0.409. The molecule has 1 fully saturated rings. The van der Waals surface area contributed by atoms with E-state index in [0.717, 1.165) is 17.7 Å². The van der Waals surface area contributed by atoms with Gasteiger partial charge in [-0.05, 0) is 49.1 Å². The Bertz CT molecular complexity index is 1110. The Hall–Kier alpha value is -2.53. The molecule has 0 aromatic heterocycles. The highest BCUT2D eigenvalue weighted by Gasteiger charge is 2.44. The monoisotopic (exact) mass is 495 g/mol. The van der Waals surface area contributed by atoms with Crippen LogP contribution in [-0.4, -0.2) is 65.8 Å². The summed E-state index contributed by atoms with van der Waals surface area (Å²) < 4.78 is 28.1. The summed E-state index contributed by atoms with van der Waals surface area (Å²) in [6, 6.07) is 12.0. The minimum absolute atomic E-state index is 0.0419. The van der Waals surface area contributed by atoms with Crippen molar-refractivity contribution in [2.24, 2.45) is 0 Å². The Kier molecular flexibility index (Phi) is 7.73. The number of benzene rings is 2. The molecule has 1 saturated heterocycles. The summed E-state index contributed by atoms with van der Waals surface area (Å²) in [4.78, 5) is 24.6. The van der Waals surface area contributed by atoms with Crippen LogP contribution >= 0.6 is 11.6 Å². The number of amides is 1. The van der Waals surface area contributed by atoms with Crippen molar-refractivity contribution in [2.45, 2.75) is 36.1 Å². The summed E-state index contributed by atoms with van der Waals surface area (Å²) in [5, 5.41) is 20.8. The maximum Gasteiger partial charge on any atom is 0.269 e. The van der Waals surface area contributed by atoms with Crippen LogP contribution in [0.1, 0.15) is 24.8 Å². The van der Waals surface area contributed by atoms with Crippen molar-refractivity contribution in [1.29, 1.82) is 0 Å². The summed E-state index contributed by atoms with van der Waals surface area (Å²) in [5.74, 6) is -0.277. The number of rotatable bonds is 8. The third-order valence-corrected chi connectivity index (χ3v) is 8.17. The molecule has 1 aliphatic rings. The van der Waals surface area contributed by atoms with Crippen LogP contribution in [0, 0.1) is 10.1 Å². The number of hydrogen-bond donors (Lipinski definition) is 1. The zero-order valence-corrected chi connectivity index (χ0v) is 19.8. The van der Waals surface area contributed by atoms with E-state index >= 15 is 0 Å². The minimum atomic E-state index is -3.94. The number of nitro groups is 1. The average Bonchev–Trinajstić information content (AvgIpc) is 2.80. The molecule has 0 saturated carbocycles. The van der Waals surface area contributed by atoms with E-state index in [1.54, 1.807) is 24.1 Å². The number of aliphatic hydroxyl groups is 1. The van der Waals surface area contributed by atoms with Crippen molar-refractivity contribution >= 4 is 33.2 Å². The van der Waals surface area contributed by atoms with Gasteiger partial charge in [0.25, 0.3) is 5.69 Å². The summed E-state index contributed by atoms with van der Waals surface area (Å²) in [6.07, 6.45) is 1.45. The molecule has 1 amide bonds. The largest absolute Gasteiger partial charge is 0.396 e. The van der Waals surface area contributed by atoms with Gasteiger partial charge in [0.15, 0.2) is 0 Å². The number of nitrogens with zero attached hydrogens (tertiary/aromatic N) is 3. The molecule has 9 nitrogen and oxygen atoms in total. The molecule has 1 N–H and O–H groups in total. The number of carbonyl (C=O) groups excluding carboxylic acids is 1. The first-order valence-corrected chi connectivity index (χ1v) is 12.3. The second-order valence-electron chi connectivity index (χ2n) is 8.15. The van der Waals surface area contributed by atoms with E-state index in [0.29, 0.717) is 24.3 Å². The Balaban J connectivity index is 1.95. The third-order valence-electron chi connectivity index (χ3n) is 6.06. The SMILES string of the molecule is CN(C(=O)CCO)[C@@]1(Cc2ccc(Cl)cc2)CCCN(S(=O)(=O)c2ccc([N+](=O)[O-])cc2)C1. The van der Waals surface area contributed by atoms with Gasteiger partial charge in [-0.15, -0.1) is 0 Å². The molecule has 0 unspecified atom stereocenters. The van der Waals surface area contributed by atoms with Gasteiger partial charge in [-0.2, -0.15) is 4.31 Å². The lowest BCUT2D eigenvalue weighted by Crippen LogP contribution is -2.61. The molecule has 0 aliphatic carbocycles. The lowest BCUT2D eigenvalue weighted by Gasteiger charge is -2.48. The fourth-order valence-corrected chi connectivity index (χ4v) is 5.90. The quantitative estimate of drug-likeness (QED) is 0.444. The molecule has 1 heterocycles. The Labute approximate surface area is 197 Å². The fourth-order valence-electron chi connectivity index (χ4n) is 4.21. The zero-order chi connectivity index (χ0) is 24.2. The van der Waals surface area contributed by atoms with Gasteiger partial charge >= 0.3 is 0 Å². The number of nitro benzene ring substituents is 1. The summed E-state index contributed by atoms with van der Waals surface area (Å²) in [6.45, 7) is 0.0251. The summed E-state index contributed by atoms with van der Waals surface area (Å²) in [7, 11) is -2.31. The number of non-ortho nitro benzene ring substituents is 1. The number of sulfonamides is 1. The molecule has 11 heteroatoms. The van der Waals surface area contributed by atoms with E-state index in [9.17, 15) is 28.4 Å². The summed E-state index contributed by atoms with van der Waals surface area (Å²) >= 11 is 6.00. The molecule has 1 aliphatic heterocycles. The molecule has 0 bridgehead atoms. The van der Waals surface area contributed by atoms with Gasteiger partial charge < -0.3 is 10.0 Å². The van der Waals surface area contributed by atoms with Crippen LogP contribution in [0.2, 0.25) is 5.02 Å². The molecule has 2 aromatic carbocycles.